The van der Waals surface area contributed by atoms with Gasteiger partial charge in [-0.3, -0.25) is 9.52 Å². The number of hydrogen-bond donors (Lipinski definition) is 1. The van der Waals surface area contributed by atoms with Gasteiger partial charge in [0.05, 0.1) is 23.8 Å². The molecule has 0 aromatic heterocycles. The molecular weight excluding hydrogens is 532 g/mol. The van der Waals surface area contributed by atoms with E-state index in [9.17, 15) is 9.00 Å². The van der Waals surface area contributed by atoms with Crippen LogP contribution in [-0.4, -0.2) is 42.0 Å². The van der Waals surface area contributed by atoms with Crippen LogP contribution in [0.2, 0.25) is 5.02 Å². The standard InChI is InChI=1S/C31H41ClN2O4S/c1-5-9-23-18-25(32)11-13-27(23)24-20-34-16-15-22(6-2)10-7-8-17-38-31(3,4)30(35)33-39(36)26-12-14-29(37-21-24)28(34)19-26/h7-8,11-14,18-19,22,24H,5-6,9-10,15-17,20-21H2,1-4H3,(H,33,35)/b8-7+. The summed E-state index contributed by atoms with van der Waals surface area (Å²) in [5.41, 5.74) is 2.35. The number of allylic oxidation sites excluding steroid dienone is 1. The molecule has 2 heterocycles. The zero-order chi connectivity index (χ0) is 28.0. The van der Waals surface area contributed by atoms with Crippen LogP contribution in [-0.2, 0) is 26.9 Å². The summed E-state index contributed by atoms with van der Waals surface area (Å²) in [6, 6.07) is 11.8. The van der Waals surface area contributed by atoms with E-state index in [1.807, 2.05) is 24.3 Å². The molecule has 0 radical (unpaired) electrons. The molecule has 2 aromatic rings. The van der Waals surface area contributed by atoms with Crippen molar-refractivity contribution in [1.82, 2.24) is 4.72 Å². The first-order chi connectivity index (χ1) is 18.7. The molecule has 0 fully saturated rings. The summed E-state index contributed by atoms with van der Waals surface area (Å²) in [6.45, 7) is 10.3. The van der Waals surface area contributed by atoms with Crippen molar-refractivity contribution in [2.24, 2.45) is 5.92 Å². The van der Waals surface area contributed by atoms with E-state index in [0.717, 1.165) is 61.7 Å². The number of aryl methyl sites for hydroxylation is 1. The Morgan fingerprint density at radius 1 is 1.15 bits per heavy atom. The maximum absolute atomic E-state index is 13.2. The van der Waals surface area contributed by atoms with Crippen LogP contribution >= 0.6 is 11.6 Å². The van der Waals surface area contributed by atoms with Crippen molar-refractivity contribution in [1.29, 1.82) is 0 Å². The van der Waals surface area contributed by atoms with Gasteiger partial charge in [0.15, 0.2) is 11.0 Å². The lowest BCUT2D eigenvalue weighted by atomic mass is 9.91. The fourth-order valence-electron chi connectivity index (χ4n) is 5.22. The fraction of sp³-hybridized carbons (Fsp3) is 0.516. The lowest BCUT2D eigenvalue weighted by Gasteiger charge is -2.29. The highest BCUT2D eigenvalue weighted by atomic mass is 35.5. The molecule has 212 valence electrons. The van der Waals surface area contributed by atoms with Crippen molar-refractivity contribution < 1.29 is 18.5 Å². The van der Waals surface area contributed by atoms with Crippen molar-refractivity contribution in [2.75, 3.05) is 31.2 Å². The molecule has 3 atom stereocenters. The number of halogens is 1. The van der Waals surface area contributed by atoms with E-state index >= 15 is 0 Å². The highest BCUT2D eigenvalue weighted by Gasteiger charge is 2.31. The van der Waals surface area contributed by atoms with Crippen molar-refractivity contribution in [2.45, 2.75) is 76.2 Å². The molecule has 0 saturated heterocycles. The second-order valence-corrected chi connectivity index (χ2v) is 12.6. The summed E-state index contributed by atoms with van der Waals surface area (Å²) in [6.07, 6.45) is 9.18. The van der Waals surface area contributed by atoms with Crippen LogP contribution < -0.4 is 14.4 Å². The number of hydrogen-bond acceptors (Lipinski definition) is 5. The molecule has 4 rings (SSSR count). The van der Waals surface area contributed by atoms with E-state index in [4.69, 9.17) is 21.1 Å². The van der Waals surface area contributed by atoms with E-state index in [2.05, 4.69) is 41.7 Å². The largest absolute Gasteiger partial charge is 0.491 e. The number of nitrogens with zero attached hydrogens (tertiary/aromatic N) is 1. The van der Waals surface area contributed by atoms with Gasteiger partial charge in [0.25, 0.3) is 5.91 Å². The second kappa shape index (κ2) is 13.3. The highest BCUT2D eigenvalue weighted by Crippen LogP contribution is 2.38. The topological polar surface area (TPSA) is 67.9 Å². The molecule has 0 aliphatic carbocycles. The first-order valence-electron chi connectivity index (χ1n) is 14.0. The lowest BCUT2D eigenvalue weighted by Crippen LogP contribution is -2.45. The maximum Gasteiger partial charge on any atom is 0.263 e. The summed E-state index contributed by atoms with van der Waals surface area (Å²) in [4.78, 5) is 15.8. The van der Waals surface area contributed by atoms with Gasteiger partial charge < -0.3 is 14.4 Å². The molecule has 2 bridgehead atoms. The Kier molecular flexibility index (Phi) is 10.1. The Bertz CT molecular complexity index is 1220. The third kappa shape index (κ3) is 7.44. The van der Waals surface area contributed by atoms with Crippen LogP contribution in [0.25, 0.3) is 0 Å². The average Bonchev–Trinajstić information content (AvgIpc) is 3.09. The van der Waals surface area contributed by atoms with Crippen molar-refractivity contribution in [3.8, 4) is 5.75 Å². The normalized spacial score (nSPS) is 24.8. The Hall–Kier alpha value is -2.35. The van der Waals surface area contributed by atoms with Crippen molar-refractivity contribution >= 4 is 34.2 Å². The minimum Gasteiger partial charge on any atom is -0.491 e. The predicted molar refractivity (Wildman–Crippen MR) is 159 cm³/mol. The van der Waals surface area contributed by atoms with E-state index < -0.39 is 22.5 Å². The van der Waals surface area contributed by atoms with Crippen LogP contribution in [0.4, 0.5) is 5.69 Å². The number of carbonyl (C=O) groups excluding carboxylic acids is 1. The van der Waals surface area contributed by atoms with E-state index in [0.29, 0.717) is 24.0 Å². The summed E-state index contributed by atoms with van der Waals surface area (Å²) in [5.74, 6) is 1.03. The van der Waals surface area contributed by atoms with Gasteiger partial charge in [-0.1, -0.05) is 56.5 Å². The number of rotatable bonds is 4. The number of amides is 1. The van der Waals surface area contributed by atoms with Gasteiger partial charge in [-0.05, 0) is 80.5 Å². The number of benzene rings is 2. The number of carbonyl (C=O) groups is 1. The first-order valence-corrected chi connectivity index (χ1v) is 15.6. The predicted octanol–water partition coefficient (Wildman–Crippen LogP) is 6.59. The molecule has 0 saturated carbocycles. The van der Waals surface area contributed by atoms with E-state index in [-0.39, 0.29) is 5.92 Å². The van der Waals surface area contributed by atoms with E-state index in [1.165, 1.54) is 11.1 Å². The minimum absolute atomic E-state index is 0.161. The van der Waals surface area contributed by atoms with Crippen LogP contribution in [0, 0.1) is 5.92 Å². The molecule has 2 aliphatic heterocycles. The van der Waals surface area contributed by atoms with Gasteiger partial charge in [0, 0.05) is 24.0 Å². The molecule has 8 heteroatoms. The number of fused-ring (bicyclic) bond motifs is 1. The van der Waals surface area contributed by atoms with Gasteiger partial charge in [0.2, 0.25) is 0 Å². The van der Waals surface area contributed by atoms with Gasteiger partial charge >= 0.3 is 0 Å². The Labute approximate surface area is 240 Å². The SMILES string of the molecule is CCCc1cc(Cl)ccc1C1COc2ccc3cc2N(CCC(CC)C/C=C/COC(C)(C)C(=O)NS3=O)C1. The summed E-state index contributed by atoms with van der Waals surface area (Å²) < 4.78 is 28.1. The molecule has 3 unspecified atom stereocenters. The Balaban J connectivity index is 1.71. The van der Waals surface area contributed by atoms with Gasteiger partial charge in [-0.2, -0.15) is 0 Å². The Morgan fingerprint density at radius 3 is 2.74 bits per heavy atom. The fourth-order valence-corrected chi connectivity index (χ4v) is 6.36. The first kappa shape index (κ1) is 29.6. The number of anilines is 1. The maximum atomic E-state index is 13.2. The molecule has 1 N–H and O–H groups in total. The molecule has 1 amide bonds. The molecule has 6 nitrogen and oxygen atoms in total. The third-order valence-electron chi connectivity index (χ3n) is 7.72. The van der Waals surface area contributed by atoms with Gasteiger partial charge in [0.1, 0.15) is 11.4 Å². The molecule has 39 heavy (non-hydrogen) atoms. The summed E-state index contributed by atoms with van der Waals surface area (Å²) in [5, 5.41) is 0.756. The highest BCUT2D eigenvalue weighted by molar-refractivity contribution is 7.83. The molecule has 0 spiro atoms. The molecular formula is C31H41ClN2O4S. The monoisotopic (exact) mass is 572 g/mol. The van der Waals surface area contributed by atoms with Crippen LogP contribution in [0.15, 0.2) is 53.4 Å². The van der Waals surface area contributed by atoms with Gasteiger partial charge in [-0.25, -0.2) is 4.21 Å². The third-order valence-corrected chi connectivity index (χ3v) is 9.01. The van der Waals surface area contributed by atoms with Crippen molar-refractivity contribution in [3.63, 3.8) is 0 Å². The molecule has 2 aromatic carbocycles. The average molecular weight is 573 g/mol. The zero-order valence-corrected chi connectivity index (χ0v) is 25.1. The second-order valence-electron chi connectivity index (χ2n) is 11.0. The summed E-state index contributed by atoms with van der Waals surface area (Å²) in [7, 11) is -1.73. The van der Waals surface area contributed by atoms with E-state index in [1.54, 1.807) is 19.9 Å². The Morgan fingerprint density at radius 2 is 1.97 bits per heavy atom. The summed E-state index contributed by atoms with van der Waals surface area (Å²) >= 11 is 6.37. The van der Waals surface area contributed by atoms with Gasteiger partial charge in [-0.15, -0.1) is 0 Å². The smallest absolute Gasteiger partial charge is 0.263 e. The van der Waals surface area contributed by atoms with Crippen molar-refractivity contribution in [3.05, 3.63) is 64.7 Å². The molecule has 2 aliphatic rings. The van der Waals surface area contributed by atoms with Crippen LogP contribution in [0.1, 0.15) is 70.4 Å². The number of nitrogens with one attached hydrogen (secondary N) is 1. The quantitative estimate of drug-likeness (QED) is 0.419. The van der Waals surface area contributed by atoms with Crippen LogP contribution in [0.3, 0.4) is 0 Å². The number of ether oxygens (including phenoxy) is 2. The van der Waals surface area contributed by atoms with Crippen LogP contribution in [0.5, 0.6) is 5.75 Å². The minimum atomic E-state index is -1.73. The zero-order valence-electron chi connectivity index (χ0n) is 23.5. The lowest BCUT2D eigenvalue weighted by molar-refractivity contribution is -0.139.